The molecule has 0 spiro atoms. The number of unbranched alkanes of at least 4 members (excludes halogenated alkanes) is 1. The van der Waals surface area contributed by atoms with Gasteiger partial charge in [0.25, 0.3) is 5.91 Å². The Labute approximate surface area is 175 Å². The lowest BCUT2D eigenvalue weighted by atomic mass is 10.00. The number of amides is 1. The van der Waals surface area contributed by atoms with Gasteiger partial charge in [0.15, 0.2) is 10.5 Å². The van der Waals surface area contributed by atoms with E-state index in [4.69, 9.17) is 15.6 Å². The fourth-order valence-electron chi connectivity index (χ4n) is 4.00. The number of hydrazone groups is 1. The molecule has 29 heavy (non-hydrogen) atoms. The van der Waals surface area contributed by atoms with E-state index in [0.717, 1.165) is 49.5 Å². The molecule has 0 aliphatic carbocycles. The van der Waals surface area contributed by atoms with E-state index in [2.05, 4.69) is 41.2 Å². The van der Waals surface area contributed by atoms with E-state index in [1.165, 1.54) is 22.7 Å². The molecule has 2 aromatic rings. The molecule has 7 nitrogen and oxygen atoms in total. The number of carbonyl (C=O) groups excluding carboxylic acids is 1. The third kappa shape index (κ3) is 4.38. The van der Waals surface area contributed by atoms with Gasteiger partial charge in [0.05, 0.1) is 19.3 Å². The van der Waals surface area contributed by atoms with Crippen LogP contribution in [0.25, 0.3) is 10.9 Å². The van der Waals surface area contributed by atoms with Crippen LogP contribution in [0.3, 0.4) is 0 Å². The summed E-state index contributed by atoms with van der Waals surface area (Å²) in [5.41, 5.74) is 8.18. The smallest absolute Gasteiger partial charge is 0.252 e. The average Bonchev–Trinajstić information content (AvgIpc) is 3.37. The minimum atomic E-state index is -0.458. The Morgan fingerprint density at radius 3 is 2.93 bits per heavy atom. The van der Waals surface area contributed by atoms with Crippen molar-refractivity contribution in [1.29, 1.82) is 0 Å². The van der Waals surface area contributed by atoms with Crippen LogP contribution in [0.15, 0.2) is 35.6 Å². The zero-order valence-corrected chi connectivity index (χ0v) is 17.7. The zero-order valence-electron chi connectivity index (χ0n) is 16.8. The molecule has 2 aliphatic rings. The number of hydrogen-bond acceptors (Lipinski definition) is 6. The molecule has 1 amide bonds. The van der Waals surface area contributed by atoms with Crippen LogP contribution in [0, 0.1) is 0 Å². The first kappa shape index (κ1) is 20.1. The topological polar surface area (TPSA) is 86.9 Å². The lowest BCUT2D eigenvalue weighted by Gasteiger charge is -2.29. The second-order valence-corrected chi connectivity index (χ2v) is 8.64. The number of aromatic amines is 1. The molecular weight excluding hydrogens is 386 g/mol. The van der Waals surface area contributed by atoms with Crippen molar-refractivity contribution in [3.05, 3.63) is 36.0 Å². The maximum atomic E-state index is 12.3. The van der Waals surface area contributed by atoms with Gasteiger partial charge >= 0.3 is 0 Å². The van der Waals surface area contributed by atoms with E-state index in [1.54, 1.807) is 0 Å². The van der Waals surface area contributed by atoms with Crippen molar-refractivity contribution in [1.82, 2.24) is 14.9 Å². The molecule has 0 bridgehead atoms. The van der Waals surface area contributed by atoms with Crippen molar-refractivity contribution in [3.8, 4) is 0 Å². The van der Waals surface area contributed by atoms with Gasteiger partial charge in [-0.3, -0.25) is 9.80 Å². The summed E-state index contributed by atoms with van der Waals surface area (Å²) in [6.07, 6.45) is 6.07. The molecule has 1 saturated heterocycles. The largest absolute Gasteiger partial charge is 0.378 e. The number of nitrogens with two attached hydrogens (primary N) is 1. The molecule has 0 radical (unpaired) electrons. The van der Waals surface area contributed by atoms with Gasteiger partial charge in [-0.2, -0.15) is 5.10 Å². The number of hydrogen-bond donors (Lipinski definition) is 2. The monoisotopic (exact) mass is 415 g/mol. The number of H-pyrrole nitrogens is 1. The molecule has 1 aromatic carbocycles. The number of amidine groups is 1. The lowest BCUT2D eigenvalue weighted by Crippen LogP contribution is -2.43. The first-order valence-electron chi connectivity index (χ1n) is 10.4. The van der Waals surface area contributed by atoms with E-state index < -0.39 is 5.37 Å². The van der Waals surface area contributed by atoms with Crippen LogP contribution in [0.1, 0.15) is 31.7 Å². The van der Waals surface area contributed by atoms with Gasteiger partial charge in [0, 0.05) is 30.2 Å². The third-order valence-corrected chi connectivity index (χ3v) is 6.80. The van der Waals surface area contributed by atoms with Crippen LogP contribution in [-0.2, 0) is 16.0 Å². The number of nitrogens with one attached hydrogen (secondary N) is 1. The summed E-state index contributed by atoms with van der Waals surface area (Å²) >= 11 is 1.48. The van der Waals surface area contributed by atoms with Crippen molar-refractivity contribution in [2.24, 2.45) is 10.8 Å². The van der Waals surface area contributed by atoms with Crippen molar-refractivity contribution in [2.45, 2.75) is 44.0 Å². The number of fused-ring (bicyclic) bond motifs is 1. The molecule has 8 heteroatoms. The summed E-state index contributed by atoms with van der Waals surface area (Å²) in [7, 11) is 0. The Balaban J connectivity index is 1.60. The number of thioether (sulfide) groups is 1. The Hall–Kier alpha value is -2.19. The molecule has 3 N–H and O–H groups in total. The van der Waals surface area contributed by atoms with Crippen molar-refractivity contribution in [2.75, 3.05) is 26.3 Å². The highest BCUT2D eigenvalue weighted by Crippen LogP contribution is 2.33. The summed E-state index contributed by atoms with van der Waals surface area (Å²) in [6.45, 7) is 5.17. The quantitative estimate of drug-likeness (QED) is 0.726. The second kappa shape index (κ2) is 9.09. The SMILES string of the molecule is CCCCC(Cc1c[nH]c2ccccc12)N1N=C(N2CCOCC2)SC1C(N)=O. The standard InChI is InChI=1S/C21H29N5O2S/c1-2-3-6-16(13-15-14-23-18-8-5-4-7-17(15)18)26-20(19(22)27)29-21(24-26)25-9-11-28-12-10-25/h4-5,7-8,14,16,20,23H,2-3,6,9-13H2,1H3,(H2,22,27). The number of rotatable bonds is 7. The van der Waals surface area contributed by atoms with Gasteiger partial charge in [0.1, 0.15) is 0 Å². The zero-order chi connectivity index (χ0) is 20.2. The van der Waals surface area contributed by atoms with Crippen molar-refractivity contribution in [3.63, 3.8) is 0 Å². The Bertz CT molecular complexity index is 877. The summed E-state index contributed by atoms with van der Waals surface area (Å²) in [6, 6.07) is 8.46. The van der Waals surface area contributed by atoms with Gasteiger partial charge in [0.2, 0.25) is 0 Å². The maximum absolute atomic E-state index is 12.3. The molecule has 3 heterocycles. The molecule has 156 valence electrons. The molecular formula is C21H29N5O2S. The first-order valence-corrected chi connectivity index (χ1v) is 11.3. The van der Waals surface area contributed by atoms with Crippen LogP contribution in [-0.4, -0.2) is 63.7 Å². The Morgan fingerprint density at radius 2 is 2.17 bits per heavy atom. The highest BCUT2D eigenvalue weighted by Gasteiger charge is 2.38. The lowest BCUT2D eigenvalue weighted by molar-refractivity contribution is -0.120. The fraction of sp³-hybridized carbons (Fsp3) is 0.524. The van der Waals surface area contributed by atoms with Crippen LogP contribution in [0.2, 0.25) is 0 Å². The highest BCUT2D eigenvalue weighted by molar-refractivity contribution is 8.15. The number of ether oxygens (including phenoxy) is 1. The first-order chi connectivity index (χ1) is 14.2. The van der Waals surface area contributed by atoms with Crippen LogP contribution in [0.4, 0.5) is 0 Å². The van der Waals surface area contributed by atoms with Gasteiger partial charge in [-0.05, 0) is 36.2 Å². The number of benzene rings is 1. The normalized spacial score (nSPS) is 20.9. The predicted molar refractivity (Wildman–Crippen MR) is 118 cm³/mol. The molecule has 1 fully saturated rings. The maximum Gasteiger partial charge on any atom is 0.252 e. The molecule has 2 atom stereocenters. The number of nitrogens with zero attached hydrogens (tertiary/aromatic N) is 3. The van der Waals surface area contributed by atoms with Gasteiger partial charge in [-0.1, -0.05) is 38.0 Å². The highest BCUT2D eigenvalue weighted by atomic mass is 32.2. The summed E-state index contributed by atoms with van der Waals surface area (Å²) in [5.74, 6) is -0.331. The molecule has 0 saturated carbocycles. The molecule has 2 unspecified atom stereocenters. The Morgan fingerprint density at radius 1 is 1.38 bits per heavy atom. The number of primary amides is 1. The molecule has 4 rings (SSSR count). The van der Waals surface area contributed by atoms with E-state index in [9.17, 15) is 4.79 Å². The number of morpholine rings is 1. The predicted octanol–water partition coefficient (Wildman–Crippen LogP) is 2.73. The number of carbonyl (C=O) groups is 1. The Kier molecular flexibility index (Phi) is 6.30. The number of aromatic nitrogens is 1. The minimum Gasteiger partial charge on any atom is -0.378 e. The summed E-state index contributed by atoms with van der Waals surface area (Å²) in [5, 5.41) is 8.53. The second-order valence-electron chi connectivity index (χ2n) is 7.59. The van der Waals surface area contributed by atoms with Crippen molar-refractivity contribution >= 4 is 33.7 Å². The fourth-order valence-corrected chi connectivity index (χ4v) is 5.12. The van der Waals surface area contributed by atoms with Crippen LogP contribution >= 0.6 is 11.8 Å². The minimum absolute atomic E-state index is 0.123. The van der Waals surface area contributed by atoms with Crippen LogP contribution in [0.5, 0.6) is 0 Å². The average molecular weight is 416 g/mol. The van der Waals surface area contributed by atoms with E-state index in [0.29, 0.717) is 13.2 Å². The van der Waals surface area contributed by atoms with Gasteiger partial charge in [-0.15, -0.1) is 0 Å². The van der Waals surface area contributed by atoms with Gasteiger partial charge in [-0.25, -0.2) is 0 Å². The molecule has 1 aromatic heterocycles. The van der Waals surface area contributed by atoms with E-state index >= 15 is 0 Å². The van der Waals surface area contributed by atoms with E-state index in [-0.39, 0.29) is 11.9 Å². The summed E-state index contributed by atoms with van der Waals surface area (Å²) < 4.78 is 5.46. The summed E-state index contributed by atoms with van der Waals surface area (Å²) in [4.78, 5) is 17.8. The molecule has 2 aliphatic heterocycles. The number of para-hydroxylation sites is 1. The van der Waals surface area contributed by atoms with Gasteiger partial charge < -0.3 is 20.4 Å². The third-order valence-electron chi connectivity index (χ3n) is 5.58. The van der Waals surface area contributed by atoms with Crippen molar-refractivity contribution < 1.29 is 9.53 Å². The van der Waals surface area contributed by atoms with Crippen LogP contribution < -0.4 is 5.73 Å². The van der Waals surface area contributed by atoms with E-state index in [1.807, 2.05) is 11.1 Å².